The van der Waals surface area contributed by atoms with Gasteiger partial charge in [-0.25, -0.2) is 16.8 Å². The number of carbonyl (C=O) groups is 1. The lowest BCUT2D eigenvalue weighted by atomic mass is 10.2. The second-order valence-corrected chi connectivity index (χ2v) is 9.82. The molecule has 9 nitrogen and oxygen atoms in total. The predicted octanol–water partition coefficient (Wildman–Crippen LogP) is -0.763. The Balaban J connectivity index is 2.58. The molecule has 2 N–H and O–H groups in total. The van der Waals surface area contributed by atoms with Gasteiger partial charge in [0.1, 0.15) is 17.2 Å². The fourth-order valence-corrected chi connectivity index (χ4v) is 6.45. The van der Waals surface area contributed by atoms with E-state index in [4.69, 9.17) is 9.84 Å². The molecule has 0 aliphatic carbocycles. The molecule has 0 spiro atoms. The van der Waals surface area contributed by atoms with Crippen molar-refractivity contribution in [3.05, 3.63) is 23.8 Å². The van der Waals surface area contributed by atoms with Crippen molar-refractivity contribution in [3.8, 4) is 5.75 Å². The number of rotatable bonds is 6. The van der Waals surface area contributed by atoms with Gasteiger partial charge in [0, 0.05) is 0 Å². The van der Waals surface area contributed by atoms with Crippen LogP contribution in [0, 0.1) is 6.92 Å². The molecular formula is C14H19NO8S2. The Kier molecular flexibility index (Phi) is 5.42. The first kappa shape index (κ1) is 19.6. The second-order valence-electron chi connectivity index (χ2n) is 5.81. The minimum atomic E-state index is -4.42. The maximum absolute atomic E-state index is 13.0. The van der Waals surface area contributed by atoms with Gasteiger partial charge in [-0.05, 0) is 24.6 Å². The Hall–Kier alpha value is -1.69. The van der Waals surface area contributed by atoms with E-state index in [1.165, 1.54) is 19.2 Å². The highest BCUT2D eigenvalue weighted by atomic mass is 32.2. The van der Waals surface area contributed by atoms with Gasteiger partial charge in [-0.1, -0.05) is 6.07 Å². The molecule has 25 heavy (non-hydrogen) atoms. The summed E-state index contributed by atoms with van der Waals surface area (Å²) in [6.07, 6.45) is -1.50. The van der Waals surface area contributed by atoms with E-state index in [0.717, 1.165) is 0 Å². The van der Waals surface area contributed by atoms with Gasteiger partial charge in [0.05, 0.1) is 30.8 Å². The number of aliphatic carboxylic acids is 1. The highest BCUT2D eigenvalue weighted by Gasteiger charge is 2.46. The van der Waals surface area contributed by atoms with E-state index >= 15 is 0 Å². The van der Waals surface area contributed by atoms with Gasteiger partial charge in [0.2, 0.25) is 10.0 Å². The van der Waals surface area contributed by atoms with Crippen LogP contribution in [0.15, 0.2) is 23.1 Å². The summed E-state index contributed by atoms with van der Waals surface area (Å²) < 4.78 is 55.1. The lowest BCUT2D eigenvalue weighted by Gasteiger charge is -2.28. The van der Waals surface area contributed by atoms with Gasteiger partial charge >= 0.3 is 5.97 Å². The van der Waals surface area contributed by atoms with Crippen LogP contribution in [0.25, 0.3) is 0 Å². The van der Waals surface area contributed by atoms with Crippen molar-refractivity contribution < 1.29 is 36.6 Å². The van der Waals surface area contributed by atoms with Crippen LogP contribution < -0.4 is 4.74 Å². The van der Waals surface area contributed by atoms with Crippen molar-refractivity contribution in [1.82, 2.24) is 4.31 Å². The highest BCUT2D eigenvalue weighted by Crippen LogP contribution is 2.31. The van der Waals surface area contributed by atoms with Crippen LogP contribution in [0.2, 0.25) is 0 Å². The first-order chi connectivity index (χ1) is 11.5. The van der Waals surface area contributed by atoms with Crippen LogP contribution in [-0.4, -0.2) is 74.6 Å². The molecule has 1 heterocycles. The maximum atomic E-state index is 13.0. The lowest BCUT2D eigenvalue weighted by Crippen LogP contribution is -2.48. The number of nitrogens with zero attached hydrogens (tertiary/aromatic N) is 1. The van der Waals surface area contributed by atoms with E-state index in [1.54, 1.807) is 13.0 Å². The Morgan fingerprint density at radius 3 is 2.48 bits per heavy atom. The van der Waals surface area contributed by atoms with Crippen molar-refractivity contribution in [3.63, 3.8) is 0 Å². The molecule has 0 bridgehead atoms. The number of aliphatic hydroxyl groups excluding tert-OH is 1. The van der Waals surface area contributed by atoms with Crippen LogP contribution >= 0.6 is 0 Å². The molecule has 0 unspecified atom stereocenters. The number of carboxylic acid groups (broad SMARTS) is 1. The highest BCUT2D eigenvalue weighted by molar-refractivity contribution is 7.92. The monoisotopic (exact) mass is 393 g/mol. The first-order valence-electron chi connectivity index (χ1n) is 7.24. The number of methoxy groups -OCH3 is 1. The maximum Gasteiger partial charge on any atom is 0.318 e. The Labute approximate surface area is 145 Å². The third-order valence-electron chi connectivity index (χ3n) is 3.86. The Morgan fingerprint density at radius 1 is 1.36 bits per heavy atom. The second kappa shape index (κ2) is 6.90. The van der Waals surface area contributed by atoms with Gasteiger partial charge in [0.15, 0.2) is 9.84 Å². The molecule has 2 atom stereocenters. The summed E-state index contributed by atoms with van der Waals surface area (Å²) in [6.45, 7) is 0.672. The standard InChI is InChI=1S/C14H19NO8S2/c1-9-3-4-12(23-2)13(5-9)25(21,22)15(6-14(17)18)10-7-24(19,20)8-11(10)16/h3-5,10-11,16H,6-8H2,1-2H3,(H,17,18)/t10-,11+/m1/s1. The third kappa shape index (κ3) is 4.11. The first-order valence-corrected chi connectivity index (χ1v) is 10.5. The van der Waals surface area contributed by atoms with Gasteiger partial charge in [0.25, 0.3) is 0 Å². The molecule has 0 amide bonds. The Bertz CT molecular complexity index is 878. The molecule has 2 rings (SSSR count). The largest absolute Gasteiger partial charge is 0.495 e. The molecular weight excluding hydrogens is 374 g/mol. The molecule has 0 aromatic heterocycles. The summed E-state index contributed by atoms with van der Waals surface area (Å²) in [5, 5.41) is 19.1. The summed E-state index contributed by atoms with van der Waals surface area (Å²) >= 11 is 0. The van der Waals surface area contributed by atoms with E-state index in [0.29, 0.717) is 9.87 Å². The quantitative estimate of drug-likeness (QED) is 0.643. The van der Waals surface area contributed by atoms with Gasteiger partial charge in [-0.2, -0.15) is 4.31 Å². The number of aryl methyl sites for hydroxylation is 1. The fraction of sp³-hybridized carbons (Fsp3) is 0.500. The van der Waals surface area contributed by atoms with Crippen LogP contribution in [0.4, 0.5) is 0 Å². The topological polar surface area (TPSA) is 138 Å². The number of carboxylic acids is 1. The number of aliphatic hydroxyl groups is 1. The molecule has 1 aromatic carbocycles. The summed E-state index contributed by atoms with van der Waals surface area (Å²) in [5.41, 5.74) is 0.592. The molecule has 11 heteroatoms. The smallest absolute Gasteiger partial charge is 0.318 e. The van der Waals surface area contributed by atoms with E-state index in [9.17, 15) is 26.7 Å². The molecule has 1 saturated heterocycles. The number of sulfone groups is 1. The van der Waals surface area contributed by atoms with Crippen LogP contribution in [-0.2, 0) is 24.7 Å². The van der Waals surface area contributed by atoms with Gasteiger partial charge in [-0.15, -0.1) is 0 Å². The average Bonchev–Trinajstić information content (AvgIpc) is 2.77. The van der Waals surface area contributed by atoms with Crippen molar-refractivity contribution in [2.24, 2.45) is 0 Å². The van der Waals surface area contributed by atoms with Crippen molar-refractivity contribution >= 4 is 25.8 Å². The number of hydrogen-bond donors (Lipinski definition) is 2. The zero-order valence-electron chi connectivity index (χ0n) is 13.6. The predicted molar refractivity (Wildman–Crippen MR) is 87.7 cm³/mol. The van der Waals surface area contributed by atoms with Crippen LogP contribution in [0.5, 0.6) is 5.75 Å². The van der Waals surface area contributed by atoms with E-state index in [-0.39, 0.29) is 10.6 Å². The molecule has 1 aliphatic rings. The molecule has 1 aliphatic heterocycles. The number of sulfonamides is 1. The summed E-state index contributed by atoms with van der Waals surface area (Å²) in [7, 11) is -6.83. The van der Waals surface area contributed by atoms with Crippen LogP contribution in [0.1, 0.15) is 5.56 Å². The number of hydrogen-bond acceptors (Lipinski definition) is 7. The summed E-state index contributed by atoms with van der Waals surface area (Å²) in [4.78, 5) is 10.9. The summed E-state index contributed by atoms with van der Waals surface area (Å²) in [6, 6.07) is 2.96. The summed E-state index contributed by atoms with van der Waals surface area (Å²) in [5.74, 6) is -2.73. The van der Waals surface area contributed by atoms with Gasteiger partial charge in [-0.3, -0.25) is 4.79 Å². The average molecular weight is 393 g/mol. The van der Waals surface area contributed by atoms with E-state index in [1.807, 2.05) is 0 Å². The number of ether oxygens (including phenoxy) is 1. The van der Waals surface area contributed by atoms with Crippen molar-refractivity contribution in [2.45, 2.75) is 24.0 Å². The third-order valence-corrected chi connectivity index (χ3v) is 7.45. The molecule has 1 aromatic rings. The normalized spacial score (nSPS) is 22.9. The molecule has 140 valence electrons. The van der Waals surface area contributed by atoms with Crippen molar-refractivity contribution in [1.29, 1.82) is 0 Å². The lowest BCUT2D eigenvalue weighted by molar-refractivity contribution is -0.137. The van der Waals surface area contributed by atoms with Crippen molar-refractivity contribution in [2.75, 3.05) is 25.2 Å². The van der Waals surface area contributed by atoms with Crippen LogP contribution in [0.3, 0.4) is 0 Å². The van der Waals surface area contributed by atoms with Gasteiger partial charge < -0.3 is 14.9 Å². The van der Waals surface area contributed by atoms with E-state index < -0.39 is 56.0 Å². The zero-order valence-corrected chi connectivity index (χ0v) is 15.2. The molecule has 1 fully saturated rings. The zero-order chi connectivity index (χ0) is 19.0. The molecule has 0 saturated carbocycles. The van der Waals surface area contributed by atoms with E-state index in [2.05, 4.69) is 0 Å². The SMILES string of the molecule is COc1ccc(C)cc1S(=O)(=O)N(CC(=O)O)[C@@H]1CS(=O)(=O)C[C@@H]1O. The number of benzene rings is 1. The minimum Gasteiger partial charge on any atom is -0.495 e. The fourth-order valence-electron chi connectivity index (χ4n) is 2.71. The minimum absolute atomic E-state index is 0.00340. The molecule has 0 radical (unpaired) electrons. The Morgan fingerprint density at radius 2 is 2.00 bits per heavy atom.